The van der Waals surface area contributed by atoms with E-state index >= 15 is 0 Å². The van der Waals surface area contributed by atoms with E-state index in [0.29, 0.717) is 12.6 Å². The number of rotatable bonds is 7. The van der Waals surface area contributed by atoms with Gasteiger partial charge in [0.05, 0.1) is 0 Å². The Morgan fingerprint density at radius 1 is 1.04 bits per heavy atom. The van der Waals surface area contributed by atoms with Gasteiger partial charge in [-0.25, -0.2) is 4.79 Å². The fourth-order valence-electron chi connectivity index (χ4n) is 3.70. The minimum Gasteiger partial charge on any atom is -0.338 e. The van der Waals surface area contributed by atoms with Crippen molar-refractivity contribution in [3.8, 4) is 0 Å². The fourth-order valence-corrected chi connectivity index (χ4v) is 3.70. The van der Waals surface area contributed by atoms with Gasteiger partial charge in [0.2, 0.25) is 0 Å². The van der Waals surface area contributed by atoms with Crippen molar-refractivity contribution in [2.24, 2.45) is 5.92 Å². The second-order valence-electron chi connectivity index (χ2n) is 7.12. The maximum absolute atomic E-state index is 11.9. The Morgan fingerprint density at radius 3 is 2.54 bits per heavy atom. The summed E-state index contributed by atoms with van der Waals surface area (Å²) in [5, 5.41) is 9.43. The molecule has 2 amide bonds. The predicted molar refractivity (Wildman–Crippen MR) is 107 cm³/mol. The van der Waals surface area contributed by atoms with Crippen LogP contribution in [0.25, 0.3) is 0 Å². The van der Waals surface area contributed by atoms with Crippen molar-refractivity contribution in [2.45, 2.75) is 38.1 Å². The topological polar surface area (TPSA) is 53.2 Å². The first-order chi connectivity index (χ1) is 12.8. The number of anilines is 1. The molecule has 1 heterocycles. The molecule has 1 saturated heterocycles. The number of benzene rings is 2. The van der Waals surface area contributed by atoms with Crippen molar-refractivity contribution in [1.29, 1.82) is 0 Å². The highest BCUT2D eigenvalue weighted by Crippen LogP contribution is 2.23. The SMILES string of the molecule is O=C(NCCC[C@@H]1C[C@@H](Cc2ccccc2)CCN1)Nc1ccccc1. The molecule has 4 heteroatoms. The zero-order valence-electron chi connectivity index (χ0n) is 15.3. The quantitative estimate of drug-likeness (QED) is 0.655. The van der Waals surface area contributed by atoms with Crippen molar-refractivity contribution >= 4 is 11.7 Å². The molecule has 26 heavy (non-hydrogen) atoms. The summed E-state index contributed by atoms with van der Waals surface area (Å²) in [6.45, 7) is 1.81. The van der Waals surface area contributed by atoms with Crippen LogP contribution in [-0.4, -0.2) is 25.2 Å². The van der Waals surface area contributed by atoms with E-state index < -0.39 is 0 Å². The molecule has 2 aromatic rings. The van der Waals surface area contributed by atoms with Crippen molar-refractivity contribution in [3.63, 3.8) is 0 Å². The third kappa shape index (κ3) is 6.19. The van der Waals surface area contributed by atoms with Gasteiger partial charge in [-0.3, -0.25) is 0 Å². The number of carbonyl (C=O) groups excluding carboxylic acids is 1. The zero-order valence-corrected chi connectivity index (χ0v) is 15.3. The third-order valence-corrected chi connectivity index (χ3v) is 5.02. The molecule has 0 aromatic heterocycles. The van der Waals surface area contributed by atoms with Crippen LogP contribution in [0.4, 0.5) is 10.5 Å². The lowest BCUT2D eigenvalue weighted by molar-refractivity contribution is 0.250. The van der Waals surface area contributed by atoms with E-state index in [2.05, 4.69) is 46.3 Å². The molecule has 0 spiro atoms. The largest absolute Gasteiger partial charge is 0.338 e. The second-order valence-corrected chi connectivity index (χ2v) is 7.12. The monoisotopic (exact) mass is 351 g/mol. The third-order valence-electron chi connectivity index (χ3n) is 5.02. The first kappa shape index (κ1) is 18.5. The van der Waals surface area contributed by atoms with Gasteiger partial charge in [-0.2, -0.15) is 0 Å². The summed E-state index contributed by atoms with van der Waals surface area (Å²) in [5.74, 6) is 0.762. The number of para-hydroxylation sites is 1. The molecular formula is C22H29N3O. The van der Waals surface area contributed by atoms with Gasteiger partial charge in [-0.05, 0) is 62.3 Å². The summed E-state index contributed by atoms with van der Waals surface area (Å²) >= 11 is 0. The molecular weight excluding hydrogens is 322 g/mol. The number of urea groups is 1. The first-order valence-electron chi connectivity index (χ1n) is 9.67. The van der Waals surface area contributed by atoms with Crippen LogP contribution in [0, 0.1) is 5.92 Å². The molecule has 1 aliphatic heterocycles. The molecule has 1 fully saturated rings. The van der Waals surface area contributed by atoms with Crippen LogP contribution < -0.4 is 16.0 Å². The molecule has 3 rings (SSSR count). The Balaban J connectivity index is 1.32. The van der Waals surface area contributed by atoms with Crippen molar-refractivity contribution in [2.75, 3.05) is 18.4 Å². The predicted octanol–water partition coefficient (Wildman–Crippen LogP) is 4.20. The Hall–Kier alpha value is -2.33. The molecule has 0 unspecified atom stereocenters. The Labute approximate surface area is 156 Å². The van der Waals surface area contributed by atoms with Gasteiger partial charge in [0.25, 0.3) is 0 Å². The minimum absolute atomic E-state index is 0.130. The van der Waals surface area contributed by atoms with Gasteiger partial charge in [0.15, 0.2) is 0 Å². The number of hydrogen-bond acceptors (Lipinski definition) is 2. The maximum atomic E-state index is 11.9. The highest BCUT2D eigenvalue weighted by atomic mass is 16.2. The van der Waals surface area contributed by atoms with E-state index in [-0.39, 0.29) is 6.03 Å². The van der Waals surface area contributed by atoms with Gasteiger partial charge >= 0.3 is 6.03 Å². The van der Waals surface area contributed by atoms with Crippen LogP contribution in [0.1, 0.15) is 31.2 Å². The molecule has 0 saturated carbocycles. The van der Waals surface area contributed by atoms with Gasteiger partial charge < -0.3 is 16.0 Å². The molecule has 1 aliphatic rings. The van der Waals surface area contributed by atoms with Gasteiger partial charge in [-0.1, -0.05) is 48.5 Å². The summed E-state index contributed by atoms with van der Waals surface area (Å²) in [5.41, 5.74) is 2.26. The Morgan fingerprint density at radius 2 is 1.77 bits per heavy atom. The average molecular weight is 351 g/mol. The smallest absolute Gasteiger partial charge is 0.319 e. The van der Waals surface area contributed by atoms with E-state index in [1.54, 1.807) is 0 Å². The van der Waals surface area contributed by atoms with E-state index in [1.807, 2.05) is 30.3 Å². The maximum Gasteiger partial charge on any atom is 0.319 e. The van der Waals surface area contributed by atoms with E-state index in [4.69, 9.17) is 0 Å². The Kier molecular flexibility index (Phi) is 7.08. The summed E-state index contributed by atoms with van der Waals surface area (Å²) in [6.07, 6.45) is 5.76. The highest BCUT2D eigenvalue weighted by Gasteiger charge is 2.21. The second kappa shape index (κ2) is 9.97. The van der Waals surface area contributed by atoms with Crippen LogP contribution in [-0.2, 0) is 6.42 Å². The number of nitrogens with one attached hydrogen (secondary N) is 3. The number of carbonyl (C=O) groups is 1. The fraction of sp³-hybridized carbons (Fsp3) is 0.409. The van der Waals surface area contributed by atoms with E-state index in [0.717, 1.165) is 31.0 Å². The summed E-state index contributed by atoms with van der Waals surface area (Å²) in [6, 6.07) is 20.8. The Bertz CT molecular complexity index is 660. The standard InChI is InChI=1S/C22H29N3O/c26-22(25-20-10-5-2-6-11-20)24-14-7-12-21-17-19(13-15-23-21)16-18-8-3-1-4-9-18/h1-6,8-11,19,21,23H,7,12-17H2,(H2,24,25,26)/t19-,21-/m1/s1. The van der Waals surface area contributed by atoms with Crippen LogP contribution >= 0.6 is 0 Å². The van der Waals surface area contributed by atoms with Crippen molar-refractivity contribution < 1.29 is 4.79 Å². The molecule has 0 bridgehead atoms. The van der Waals surface area contributed by atoms with Crippen LogP contribution in [0.2, 0.25) is 0 Å². The summed E-state index contributed by atoms with van der Waals surface area (Å²) in [4.78, 5) is 11.9. The molecule has 4 nitrogen and oxygen atoms in total. The van der Waals surface area contributed by atoms with Gasteiger partial charge in [0.1, 0.15) is 0 Å². The molecule has 0 radical (unpaired) electrons. The molecule has 138 valence electrons. The molecule has 2 atom stereocenters. The molecule has 0 aliphatic carbocycles. The lowest BCUT2D eigenvalue weighted by Gasteiger charge is -2.30. The van der Waals surface area contributed by atoms with Crippen LogP contribution in [0.15, 0.2) is 60.7 Å². The highest BCUT2D eigenvalue weighted by molar-refractivity contribution is 5.89. The number of amides is 2. The number of hydrogen-bond donors (Lipinski definition) is 3. The van der Waals surface area contributed by atoms with Crippen LogP contribution in [0.5, 0.6) is 0 Å². The average Bonchev–Trinajstić information content (AvgIpc) is 2.67. The zero-order chi connectivity index (χ0) is 18.0. The normalized spacial score (nSPS) is 19.7. The van der Waals surface area contributed by atoms with Crippen molar-refractivity contribution in [3.05, 3.63) is 66.2 Å². The summed E-state index contributed by atoms with van der Waals surface area (Å²) < 4.78 is 0. The molecule has 3 N–H and O–H groups in total. The lowest BCUT2D eigenvalue weighted by atomic mass is 9.86. The van der Waals surface area contributed by atoms with Gasteiger partial charge in [0, 0.05) is 18.3 Å². The summed E-state index contributed by atoms with van der Waals surface area (Å²) in [7, 11) is 0. The number of piperidine rings is 1. The lowest BCUT2D eigenvalue weighted by Crippen LogP contribution is -2.39. The van der Waals surface area contributed by atoms with Crippen LogP contribution in [0.3, 0.4) is 0 Å². The van der Waals surface area contributed by atoms with Gasteiger partial charge in [-0.15, -0.1) is 0 Å². The molecule has 2 aromatic carbocycles. The van der Waals surface area contributed by atoms with Crippen molar-refractivity contribution in [1.82, 2.24) is 10.6 Å². The van der Waals surface area contributed by atoms with E-state index in [1.165, 1.54) is 24.8 Å². The van der Waals surface area contributed by atoms with E-state index in [9.17, 15) is 4.79 Å². The minimum atomic E-state index is -0.130. The first-order valence-corrected chi connectivity index (χ1v) is 9.67.